The Morgan fingerprint density at radius 2 is 2.18 bits per heavy atom. The van der Waals surface area contributed by atoms with Crippen LogP contribution in [0.3, 0.4) is 0 Å². The molecule has 0 aromatic heterocycles. The van der Waals surface area contributed by atoms with Crippen molar-refractivity contribution in [3.63, 3.8) is 0 Å². The van der Waals surface area contributed by atoms with Crippen molar-refractivity contribution in [2.24, 2.45) is 28.0 Å². The fourth-order valence-electron chi connectivity index (χ4n) is 3.22. The van der Waals surface area contributed by atoms with Gasteiger partial charge < -0.3 is 5.73 Å². The number of hydrogen-bond donors (Lipinski definition) is 1. The van der Waals surface area contributed by atoms with Crippen molar-refractivity contribution in [2.75, 3.05) is 5.75 Å². The summed E-state index contributed by atoms with van der Waals surface area (Å²) in [4.78, 5) is 28.1. The number of nitrogens with zero attached hydrogens (tertiary/aromatic N) is 2. The van der Waals surface area contributed by atoms with Gasteiger partial charge in [-0.1, -0.05) is 32.5 Å². The van der Waals surface area contributed by atoms with Gasteiger partial charge in [-0.05, 0) is 18.3 Å². The first-order chi connectivity index (χ1) is 10.3. The first kappa shape index (κ1) is 16.8. The fraction of sp³-hybridized carbons (Fsp3) is 0.625. The minimum absolute atomic E-state index is 0.105. The molecule has 0 fully saturated rings. The largest absolute Gasteiger partial charge is 0.369 e. The van der Waals surface area contributed by atoms with Crippen molar-refractivity contribution < 1.29 is 9.59 Å². The van der Waals surface area contributed by atoms with Crippen molar-refractivity contribution in [2.45, 2.75) is 40.0 Å². The molecule has 1 aliphatic heterocycles. The average Bonchev–Trinajstić information content (AvgIpc) is 2.41. The average molecular weight is 319 g/mol. The molecule has 0 saturated heterocycles. The summed E-state index contributed by atoms with van der Waals surface area (Å²) in [6.07, 6.45) is 1.93. The van der Waals surface area contributed by atoms with Crippen LogP contribution < -0.4 is 5.73 Å². The number of hydrogen-bond acceptors (Lipinski definition) is 5. The molecule has 0 aromatic rings. The lowest BCUT2D eigenvalue weighted by Gasteiger charge is -2.37. The lowest BCUT2D eigenvalue weighted by atomic mass is 9.69. The van der Waals surface area contributed by atoms with Crippen LogP contribution in [0.2, 0.25) is 0 Å². The third-order valence-corrected chi connectivity index (χ3v) is 5.19. The van der Waals surface area contributed by atoms with Crippen LogP contribution in [-0.2, 0) is 9.59 Å². The van der Waals surface area contributed by atoms with Crippen molar-refractivity contribution in [3.05, 3.63) is 11.3 Å². The standard InChI is InChI=1S/C16H21N3O2S/c1-4-9-10(7-17)15(22-8-13(18)21)19-11-5-16(2,3)6-12(20)14(9)11/h9-10H,4-6,8H2,1-3H3,(H2,18,21). The van der Waals surface area contributed by atoms with Gasteiger partial charge in [-0.25, -0.2) is 4.99 Å². The second kappa shape index (κ2) is 6.25. The van der Waals surface area contributed by atoms with E-state index in [9.17, 15) is 14.9 Å². The van der Waals surface area contributed by atoms with E-state index in [1.165, 1.54) is 11.8 Å². The van der Waals surface area contributed by atoms with Gasteiger partial charge in [0.15, 0.2) is 5.78 Å². The molecule has 2 atom stereocenters. The SMILES string of the molecule is CCC1C2=C(CC(C)(C)CC2=O)N=C(SCC(N)=O)C1C#N. The van der Waals surface area contributed by atoms with E-state index < -0.39 is 11.8 Å². The molecule has 0 saturated carbocycles. The lowest BCUT2D eigenvalue weighted by molar-refractivity contribution is -0.119. The highest BCUT2D eigenvalue weighted by Crippen LogP contribution is 2.45. The Hall–Kier alpha value is -1.61. The zero-order valence-electron chi connectivity index (χ0n) is 13.2. The van der Waals surface area contributed by atoms with Gasteiger partial charge in [0, 0.05) is 23.6 Å². The molecule has 1 aliphatic carbocycles. The Bertz CT molecular complexity index is 613. The van der Waals surface area contributed by atoms with Crippen LogP contribution in [0.5, 0.6) is 0 Å². The second-order valence-electron chi connectivity index (χ2n) is 6.63. The molecule has 5 nitrogen and oxygen atoms in total. The van der Waals surface area contributed by atoms with Gasteiger partial charge in [0.1, 0.15) is 5.92 Å². The number of Topliss-reactive ketones (excluding diaryl/α,β-unsaturated/α-hetero) is 1. The zero-order valence-corrected chi connectivity index (χ0v) is 14.0. The third kappa shape index (κ3) is 3.25. The molecule has 0 aromatic carbocycles. The molecule has 2 aliphatic rings. The summed E-state index contributed by atoms with van der Waals surface area (Å²) in [5.41, 5.74) is 6.61. The summed E-state index contributed by atoms with van der Waals surface area (Å²) < 4.78 is 0. The predicted molar refractivity (Wildman–Crippen MR) is 87.0 cm³/mol. The van der Waals surface area contributed by atoms with Crippen molar-refractivity contribution in [3.8, 4) is 6.07 Å². The van der Waals surface area contributed by atoms with E-state index in [-0.39, 0.29) is 22.9 Å². The van der Waals surface area contributed by atoms with Crippen LogP contribution >= 0.6 is 11.8 Å². The molecule has 2 N–H and O–H groups in total. The van der Waals surface area contributed by atoms with Crippen LogP contribution in [0.25, 0.3) is 0 Å². The minimum atomic E-state index is -0.460. The molecule has 22 heavy (non-hydrogen) atoms. The van der Waals surface area contributed by atoms with Crippen molar-refractivity contribution >= 4 is 28.5 Å². The number of carbonyl (C=O) groups excluding carboxylic acids is 2. The Morgan fingerprint density at radius 3 is 2.73 bits per heavy atom. The fourth-order valence-corrected chi connectivity index (χ4v) is 4.08. The summed E-state index contributed by atoms with van der Waals surface area (Å²) in [5, 5.41) is 10.1. The van der Waals surface area contributed by atoms with Crippen LogP contribution in [0, 0.1) is 28.6 Å². The number of amides is 1. The molecule has 6 heteroatoms. The minimum Gasteiger partial charge on any atom is -0.369 e. The van der Waals surface area contributed by atoms with E-state index in [1.54, 1.807) is 0 Å². The molecule has 1 heterocycles. The van der Waals surface area contributed by atoms with Gasteiger partial charge in [0.25, 0.3) is 0 Å². The highest BCUT2D eigenvalue weighted by molar-refractivity contribution is 8.14. The van der Waals surface area contributed by atoms with E-state index in [4.69, 9.17) is 5.73 Å². The summed E-state index contributed by atoms with van der Waals surface area (Å²) in [6.45, 7) is 6.09. The Labute approximate surface area is 135 Å². The number of primary amides is 1. The van der Waals surface area contributed by atoms with Gasteiger partial charge >= 0.3 is 0 Å². The van der Waals surface area contributed by atoms with Crippen LogP contribution in [-0.4, -0.2) is 22.5 Å². The first-order valence-electron chi connectivity index (χ1n) is 7.44. The van der Waals surface area contributed by atoms with E-state index in [0.29, 0.717) is 17.9 Å². The van der Waals surface area contributed by atoms with Gasteiger partial charge in [-0.2, -0.15) is 5.26 Å². The smallest absolute Gasteiger partial charge is 0.227 e. The summed E-state index contributed by atoms with van der Waals surface area (Å²) >= 11 is 1.22. The first-order valence-corrected chi connectivity index (χ1v) is 8.43. The van der Waals surface area contributed by atoms with Crippen molar-refractivity contribution in [1.82, 2.24) is 0 Å². The summed E-state index contributed by atoms with van der Waals surface area (Å²) in [5.74, 6) is -0.805. The van der Waals surface area contributed by atoms with Crippen molar-refractivity contribution in [1.29, 1.82) is 5.26 Å². The number of carbonyl (C=O) groups is 2. The monoisotopic (exact) mass is 319 g/mol. The maximum Gasteiger partial charge on any atom is 0.227 e. The Balaban J connectivity index is 2.45. The molecule has 118 valence electrons. The molecular weight excluding hydrogens is 298 g/mol. The van der Waals surface area contributed by atoms with Gasteiger partial charge in [-0.15, -0.1) is 0 Å². The number of rotatable bonds is 3. The molecule has 0 spiro atoms. The molecular formula is C16H21N3O2S. The highest BCUT2D eigenvalue weighted by Gasteiger charge is 2.42. The topological polar surface area (TPSA) is 96.3 Å². The summed E-state index contributed by atoms with van der Waals surface area (Å²) in [7, 11) is 0. The Morgan fingerprint density at radius 1 is 1.50 bits per heavy atom. The van der Waals surface area contributed by atoms with E-state index in [1.807, 2.05) is 6.92 Å². The number of thioether (sulfide) groups is 1. The maximum atomic E-state index is 12.5. The molecule has 0 radical (unpaired) electrons. The number of ketones is 1. The Kier molecular flexibility index (Phi) is 4.76. The van der Waals surface area contributed by atoms with Crippen LogP contribution in [0.15, 0.2) is 16.3 Å². The predicted octanol–water partition coefficient (Wildman–Crippen LogP) is 2.43. The van der Waals surface area contributed by atoms with E-state index >= 15 is 0 Å². The quantitative estimate of drug-likeness (QED) is 0.864. The maximum absolute atomic E-state index is 12.5. The number of aliphatic imine (C=N–C) groups is 1. The molecule has 2 unspecified atom stereocenters. The van der Waals surface area contributed by atoms with Crippen LogP contribution in [0.4, 0.5) is 0 Å². The van der Waals surface area contributed by atoms with Gasteiger partial charge in [0.2, 0.25) is 5.91 Å². The van der Waals surface area contributed by atoms with E-state index in [2.05, 4.69) is 24.9 Å². The number of nitriles is 1. The normalized spacial score (nSPS) is 27.0. The third-order valence-electron chi connectivity index (χ3n) is 4.12. The van der Waals surface area contributed by atoms with Gasteiger partial charge in [-0.3, -0.25) is 9.59 Å². The zero-order chi connectivity index (χ0) is 16.5. The van der Waals surface area contributed by atoms with Gasteiger partial charge in [0.05, 0.1) is 16.9 Å². The number of allylic oxidation sites excluding steroid dienone is 2. The summed E-state index contributed by atoms with van der Waals surface area (Å²) in [6, 6.07) is 2.26. The van der Waals surface area contributed by atoms with Crippen LogP contribution in [0.1, 0.15) is 40.0 Å². The molecule has 0 bridgehead atoms. The second-order valence-corrected chi connectivity index (χ2v) is 7.62. The number of nitrogens with two attached hydrogens (primary N) is 1. The lowest BCUT2D eigenvalue weighted by Crippen LogP contribution is -2.36. The van der Waals surface area contributed by atoms with E-state index in [0.717, 1.165) is 17.7 Å². The molecule has 2 rings (SSSR count). The highest BCUT2D eigenvalue weighted by atomic mass is 32.2. The molecule has 1 amide bonds.